The van der Waals surface area contributed by atoms with Crippen molar-refractivity contribution < 1.29 is 9.59 Å². The van der Waals surface area contributed by atoms with Gasteiger partial charge >= 0.3 is 0 Å². The molecule has 0 unspecified atom stereocenters. The third kappa shape index (κ3) is 4.99. The summed E-state index contributed by atoms with van der Waals surface area (Å²) < 4.78 is 0. The zero-order chi connectivity index (χ0) is 19.1. The van der Waals surface area contributed by atoms with Gasteiger partial charge in [-0.05, 0) is 54.1 Å². The number of carbonyl (C=O) groups is 2. The minimum atomic E-state index is -0.357. The normalized spacial score (nSPS) is 10.6. The van der Waals surface area contributed by atoms with Crippen molar-refractivity contribution in [2.75, 3.05) is 5.32 Å². The topological polar surface area (TPSA) is 83.4 Å². The first-order chi connectivity index (χ1) is 13.1. The predicted molar refractivity (Wildman–Crippen MR) is 105 cm³/mol. The Labute approximate surface area is 160 Å². The van der Waals surface area contributed by atoms with E-state index < -0.39 is 0 Å². The second kappa shape index (κ2) is 8.73. The Balaban J connectivity index is 1.59. The molecule has 6 nitrogen and oxygen atoms in total. The van der Waals surface area contributed by atoms with E-state index in [0.29, 0.717) is 21.8 Å². The molecule has 0 spiro atoms. The lowest BCUT2D eigenvalue weighted by Gasteiger charge is -2.07. The van der Waals surface area contributed by atoms with Crippen molar-refractivity contribution in [3.05, 3.63) is 94.8 Å². The maximum absolute atomic E-state index is 12.2. The van der Waals surface area contributed by atoms with Crippen LogP contribution in [0.4, 0.5) is 5.69 Å². The van der Waals surface area contributed by atoms with Gasteiger partial charge in [0.15, 0.2) is 0 Å². The van der Waals surface area contributed by atoms with Crippen LogP contribution in [0.2, 0.25) is 5.02 Å². The summed E-state index contributed by atoms with van der Waals surface area (Å²) in [6, 6.07) is 16.8. The molecule has 3 aromatic rings. The summed E-state index contributed by atoms with van der Waals surface area (Å²) in [5.74, 6) is -0.677. The number of carbonyl (C=O) groups excluding carboxylic acids is 2. The Kier molecular flexibility index (Phi) is 5.91. The van der Waals surface area contributed by atoms with Crippen molar-refractivity contribution in [2.24, 2.45) is 5.10 Å². The predicted octanol–water partition coefficient (Wildman–Crippen LogP) is 3.75. The SMILES string of the molecule is O=C(N/N=C\c1ccncc1)c1ccc(NC(=O)c2ccccc2Cl)cc1. The minimum Gasteiger partial charge on any atom is -0.322 e. The number of pyridine rings is 1. The van der Waals surface area contributed by atoms with E-state index in [2.05, 4.69) is 20.8 Å². The van der Waals surface area contributed by atoms with Crippen LogP contribution in [0.5, 0.6) is 0 Å². The van der Waals surface area contributed by atoms with Crippen LogP contribution in [0.15, 0.2) is 78.2 Å². The van der Waals surface area contributed by atoms with Gasteiger partial charge in [-0.1, -0.05) is 23.7 Å². The highest BCUT2D eigenvalue weighted by Crippen LogP contribution is 2.17. The molecule has 0 saturated carbocycles. The van der Waals surface area contributed by atoms with Gasteiger partial charge in [0.05, 0.1) is 16.8 Å². The quantitative estimate of drug-likeness (QED) is 0.524. The molecule has 0 aliphatic carbocycles. The van der Waals surface area contributed by atoms with Crippen molar-refractivity contribution >= 4 is 35.3 Å². The van der Waals surface area contributed by atoms with Crippen LogP contribution in [0.1, 0.15) is 26.3 Å². The van der Waals surface area contributed by atoms with E-state index >= 15 is 0 Å². The lowest BCUT2D eigenvalue weighted by Crippen LogP contribution is -2.18. The Hall–Kier alpha value is -3.51. The fourth-order valence-electron chi connectivity index (χ4n) is 2.23. The van der Waals surface area contributed by atoms with Gasteiger partial charge in [-0.3, -0.25) is 14.6 Å². The van der Waals surface area contributed by atoms with Gasteiger partial charge in [-0.25, -0.2) is 5.43 Å². The van der Waals surface area contributed by atoms with Crippen LogP contribution in [-0.2, 0) is 0 Å². The number of anilines is 1. The molecular weight excluding hydrogens is 364 g/mol. The highest BCUT2D eigenvalue weighted by Gasteiger charge is 2.10. The van der Waals surface area contributed by atoms with E-state index in [9.17, 15) is 9.59 Å². The number of amides is 2. The number of nitrogens with one attached hydrogen (secondary N) is 2. The maximum atomic E-state index is 12.2. The van der Waals surface area contributed by atoms with E-state index in [-0.39, 0.29) is 11.8 Å². The summed E-state index contributed by atoms with van der Waals surface area (Å²) in [4.78, 5) is 28.2. The summed E-state index contributed by atoms with van der Waals surface area (Å²) in [6.07, 6.45) is 4.80. The molecule has 134 valence electrons. The summed E-state index contributed by atoms with van der Waals surface area (Å²) in [7, 11) is 0. The molecule has 0 atom stereocenters. The van der Waals surface area contributed by atoms with Crippen LogP contribution in [0, 0.1) is 0 Å². The highest BCUT2D eigenvalue weighted by molar-refractivity contribution is 6.34. The Bertz CT molecular complexity index is 973. The zero-order valence-corrected chi connectivity index (χ0v) is 14.9. The number of nitrogens with zero attached hydrogens (tertiary/aromatic N) is 2. The second-order valence-corrected chi connectivity index (χ2v) is 5.90. The molecule has 0 saturated heterocycles. The van der Waals surface area contributed by atoms with E-state index in [1.54, 1.807) is 73.1 Å². The van der Waals surface area contributed by atoms with E-state index in [4.69, 9.17) is 11.6 Å². The molecule has 0 aliphatic heterocycles. The third-order valence-corrected chi connectivity index (χ3v) is 3.94. The molecule has 1 aromatic heterocycles. The van der Waals surface area contributed by atoms with Gasteiger partial charge < -0.3 is 5.32 Å². The molecule has 3 rings (SSSR count). The molecule has 2 amide bonds. The molecule has 2 N–H and O–H groups in total. The summed E-state index contributed by atoms with van der Waals surface area (Å²) >= 11 is 6.01. The summed E-state index contributed by atoms with van der Waals surface area (Å²) in [6.45, 7) is 0. The van der Waals surface area contributed by atoms with E-state index in [0.717, 1.165) is 5.56 Å². The number of aromatic nitrogens is 1. The lowest BCUT2D eigenvalue weighted by atomic mass is 10.1. The van der Waals surface area contributed by atoms with Crippen LogP contribution in [0.3, 0.4) is 0 Å². The molecule has 0 radical (unpaired) electrons. The summed E-state index contributed by atoms with van der Waals surface area (Å²) in [5.41, 5.74) is 4.62. The number of hydrogen-bond donors (Lipinski definition) is 2. The first-order valence-corrected chi connectivity index (χ1v) is 8.40. The van der Waals surface area contributed by atoms with Crippen molar-refractivity contribution in [3.8, 4) is 0 Å². The number of hydrazone groups is 1. The smallest absolute Gasteiger partial charge is 0.271 e. The average molecular weight is 379 g/mol. The fourth-order valence-corrected chi connectivity index (χ4v) is 2.45. The van der Waals surface area contributed by atoms with Crippen LogP contribution < -0.4 is 10.7 Å². The van der Waals surface area contributed by atoms with Crippen LogP contribution in [0.25, 0.3) is 0 Å². The Morgan fingerprint density at radius 3 is 2.33 bits per heavy atom. The number of benzene rings is 2. The molecule has 27 heavy (non-hydrogen) atoms. The molecule has 7 heteroatoms. The van der Waals surface area contributed by atoms with E-state index in [1.807, 2.05) is 0 Å². The van der Waals surface area contributed by atoms with Crippen molar-refractivity contribution in [1.82, 2.24) is 10.4 Å². The minimum absolute atomic E-state index is 0.320. The largest absolute Gasteiger partial charge is 0.322 e. The Morgan fingerprint density at radius 1 is 0.926 bits per heavy atom. The van der Waals surface area contributed by atoms with Crippen LogP contribution in [-0.4, -0.2) is 23.0 Å². The molecule has 0 fully saturated rings. The fraction of sp³-hybridized carbons (Fsp3) is 0. The number of rotatable bonds is 5. The molecule has 0 bridgehead atoms. The van der Waals surface area contributed by atoms with Gasteiger partial charge in [-0.2, -0.15) is 5.10 Å². The second-order valence-electron chi connectivity index (χ2n) is 5.49. The van der Waals surface area contributed by atoms with E-state index in [1.165, 1.54) is 6.21 Å². The maximum Gasteiger partial charge on any atom is 0.271 e. The molecule has 1 heterocycles. The molecule has 2 aromatic carbocycles. The third-order valence-electron chi connectivity index (χ3n) is 3.61. The standard InChI is InChI=1S/C20H15ClN4O2/c21-18-4-2-1-3-17(18)20(27)24-16-7-5-15(6-8-16)19(26)25-23-13-14-9-11-22-12-10-14/h1-13H,(H,24,27)(H,25,26)/b23-13-. The number of halogens is 1. The first kappa shape index (κ1) is 18.3. The van der Waals surface area contributed by atoms with Crippen molar-refractivity contribution in [3.63, 3.8) is 0 Å². The molecule has 0 aliphatic rings. The average Bonchev–Trinajstić information content (AvgIpc) is 2.69. The van der Waals surface area contributed by atoms with Crippen molar-refractivity contribution in [1.29, 1.82) is 0 Å². The molecular formula is C20H15ClN4O2. The monoisotopic (exact) mass is 378 g/mol. The van der Waals surface area contributed by atoms with Gasteiger partial charge in [-0.15, -0.1) is 0 Å². The number of hydrogen-bond acceptors (Lipinski definition) is 4. The van der Waals surface area contributed by atoms with Crippen molar-refractivity contribution in [2.45, 2.75) is 0 Å². The zero-order valence-electron chi connectivity index (χ0n) is 14.1. The summed E-state index contributed by atoms with van der Waals surface area (Å²) in [5, 5.41) is 7.01. The van der Waals surface area contributed by atoms with Gasteiger partial charge in [0.1, 0.15) is 0 Å². The first-order valence-electron chi connectivity index (χ1n) is 8.03. The highest BCUT2D eigenvalue weighted by atomic mass is 35.5. The van der Waals surface area contributed by atoms with Gasteiger partial charge in [0, 0.05) is 23.6 Å². The Morgan fingerprint density at radius 2 is 1.63 bits per heavy atom. The van der Waals surface area contributed by atoms with Crippen LogP contribution >= 0.6 is 11.6 Å². The lowest BCUT2D eigenvalue weighted by molar-refractivity contribution is 0.0954. The van der Waals surface area contributed by atoms with Gasteiger partial charge in [0.2, 0.25) is 0 Å². The van der Waals surface area contributed by atoms with Gasteiger partial charge in [0.25, 0.3) is 11.8 Å².